The molecule has 0 amide bonds. The van der Waals surface area contributed by atoms with Crippen molar-refractivity contribution in [2.24, 2.45) is 5.10 Å². The largest absolute Gasteiger partial charge is 0.464 e. The van der Waals surface area contributed by atoms with Gasteiger partial charge in [-0.2, -0.15) is 5.10 Å². The summed E-state index contributed by atoms with van der Waals surface area (Å²) in [5.41, 5.74) is 4.47. The van der Waals surface area contributed by atoms with E-state index in [0.29, 0.717) is 0 Å². The number of benzene rings is 2. The lowest BCUT2D eigenvalue weighted by molar-refractivity contribution is -0.0192. The molecule has 4 heteroatoms. The van der Waals surface area contributed by atoms with Crippen LogP contribution in [-0.2, 0) is 0 Å². The van der Waals surface area contributed by atoms with Gasteiger partial charge in [0.25, 0.3) is 0 Å². The van der Waals surface area contributed by atoms with Crippen LogP contribution < -0.4 is 4.74 Å². The Labute approximate surface area is 146 Å². The second kappa shape index (κ2) is 5.74. The van der Waals surface area contributed by atoms with Crippen LogP contribution in [0.25, 0.3) is 0 Å². The highest BCUT2D eigenvalue weighted by molar-refractivity contribution is 6.01. The maximum Gasteiger partial charge on any atom is 0.215 e. The van der Waals surface area contributed by atoms with Gasteiger partial charge in [-0.25, -0.2) is 5.01 Å². The van der Waals surface area contributed by atoms with E-state index in [9.17, 15) is 0 Å². The lowest BCUT2D eigenvalue weighted by Gasteiger charge is -2.38. The van der Waals surface area contributed by atoms with Crippen molar-refractivity contribution in [2.45, 2.75) is 18.7 Å². The van der Waals surface area contributed by atoms with Crippen molar-refractivity contribution in [3.63, 3.8) is 0 Å². The third kappa shape index (κ3) is 2.38. The van der Waals surface area contributed by atoms with Crippen LogP contribution in [0.5, 0.6) is 5.75 Å². The van der Waals surface area contributed by atoms with Crippen molar-refractivity contribution < 1.29 is 4.74 Å². The fourth-order valence-electron chi connectivity index (χ4n) is 3.58. The maximum absolute atomic E-state index is 6.29. The second-order valence-electron chi connectivity index (χ2n) is 6.31. The van der Waals surface area contributed by atoms with Crippen LogP contribution in [0.1, 0.15) is 35.4 Å². The molecule has 4 nitrogen and oxygen atoms in total. The normalized spacial score (nSPS) is 21.1. The van der Waals surface area contributed by atoms with Gasteiger partial charge in [-0.05, 0) is 17.7 Å². The van der Waals surface area contributed by atoms with Crippen LogP contribution in [0, 0.1) is 0 Å². The van der Waals surface area contributed by atoms with E-state index in [0.717, 1.165) is 23.4 Å². The van der Waals surface area contributed by atoms with Gasteiger partial charge in [0.15, 0.2) is 0 Å². The molecule has 2 aromatic carbocycles. The van der Waals surface area contributed by atoms with E-state index in [4.69, 9.17) is 9.84 Å². The van der Waals surface area contributed by atoms with E-state index >= 15 is 0 Å². The molecule has 0 saturated carbocycles. The van der Waals surface area contributed by atoms with E-state index in [1.165, 1.54) is 11.1 Å². The first kappa shape index (κ1) is 14.2. The Bertz CT molecular complexity index is 924. The number of fused-ring (bicyclic) bond motifs is 3. The van der Waals surface area contributed by atoms with E-state index in [1.807, 2.05) is 36.5 Å². The highest BCUT2D eigenvalue weighted by Gasteiger charge is 2.40. The zero-order valence-electron chi connectivity index (χ0n) is 13.6. The molecule has 2 atom stereocenters. The Hall–Kier alpha value is -3.14. The van der Waals surface area contributed by atoms with E-state index in [1.54, 1.807) is 6.20 Å². The summed E-state index contributed by atoms with van der Waals surface area (Å²) in [5.74, 6) is 0.933. The number of hydrogen-bond acceptors (Lipinski definition) is 4. The van der Waals surface area contributed by atoms with Crippen LogP contribution in [0.3, 0.4) is 0 Å². The molecular weight excluding hydrogens is 310 g/mol. The molecular formula is C21H17N3O. The summed E-state index contributed by atoms with van der Waals surface area (Å²) >= 11 is 0. The molecule has 0 fully saturated rings. The van der Waals surface area contributed by atoms with Crippen molar-refractivity contribution in [3.8, 4) is 5.75 Å². The summed E-state index contributed by atoms with van der Waals surface area (Å²) < 4.78 is 6.29. The molecule has 3 heterocycles. The molecule has 0 unspecified atom stereocenters. The Morgan fingerprint density at radius 1 is 0.920 bits per heavy atom. The highest BCUT2D eigenvalue weighted by atomic mass is 16.5. The fraction of sp³-hybridized carbons (Fsp3) is 0.143. The zero-order valence-corrected chi connectivity index (χ0v) is 13.6. The van der Waals surface area contributed by atoms with Gasteiger partial charge >= 0.3 is 0 Å². The number of rotatable bonds is 2. The first-order chi connectivity index (χ1) is 12.4. The predicted molar refractivity (Wildman–Crippen MR) is 96.2 cm³/mol. The second-order valence-corrected chi connectivity index (χ2v) is 6.31. The van der Waals surface area contributed by atoms with Gasteiger partial charge in [-0.1, -0.05) is 54.6 Å². The van der Waals surface area contributed by atoms with Crippen LogP contribution >= 0.6 is 0 Å². The Morgan fingerprint density at radius 2 is 1.76 bits per heavy atom. The van der Waals surface area contributed by atoms with E-state index in [-0.39, 0.29) is 12.3 Å². The molecule has 0 aliphatic carbocycles. The van der Waals surface area contributed by atoms with Crippen molar-refractivity contribution >= 4 is 5.71 Å². The van der Waals surface area contributed by atoms with Crippen molar-refractivity contribution in [1.29, 1.82) is 0 Å². The number of ether oxygens (including phenoxy) is 1. The third-order valence-electron chi connectivity index (χ3n) is 4.78. The topological polar surface area (TPSA) is 37.7 Å². The van der Waals surface area contributed by atoms with Crippen LogP contribution in [0.15, 0.2) is 84.2 Å². The first-order valence-electron chi connectivity index (χ1n) is 8.47. The van der Waals surface area contributed by atoms with Gasteiger partial charge < -0.3 is 4.74 Å². The minimum absolute atomic E-state index is 0.186. The van der Waals surface area contributed by atoms with Crippen LogP contribution in [0.4, 0.5) is 0 Å². The molecule has 1 aromatic heterocycles. The molecule has 3 aromatic rings. The summed E-state index contributed by atoms with van der Waals surface area (Å²) in [6.45, 7) is 0. The average Bonchev–Trinajstić information content (AvgIpc) is 3.14. The van der Waals surface area contributed by atoms with Gasteiger partial charge in [-0.3, -0.25) is 4.98 Å². The van der Waals surface area contributed by atoms with Gasteiger partial charge in [0.2, 0.25) is 6.23 Å². The van der Waals surface area contributed by atoms with Crippen LogP contribution in [0.2, 0.25) is 0 Å². The van der Waals surface area contributed by atoms with Gasteiger partial charge in [0.05, 0.1) is 11.8 Å². The van der Waals surface area contributed by atoms with Crippen molar-refractivity contribution in [3.05, 3.63) is 95.8 Å². The van der Waals surface area contributed by atoms with Crippen molar-refractivity contribution in [1.82, 2.24) is 9.99 Å². The first-order valence-corrected chi connectivity index (χ1v) is 8.47. The number of hydrogen-bond donors (Lipinski definition) is 0. The fourth-order valence-corrected chi connectivity index (χ4v) is 3.58. The average molecular weight is 327 g/mol. The third-order valence-corrected chi connectivity index (χ3v) is 4.78. The highest BCUT2D eigenvalue weighted by Crippen LogP contribution is 2.47. The monoisotopic (exact) mass is 327 g/mol. The minimum atomic E-state index is -0.255. The number of hydrazone groups is 1. The molecule has 2 aliphatic heterocycles. The van der Waals surface area contributed by atoms with Crippen molar-refractivity contribution in [2.75, 3.05) is 0 Å². The zero-order chi connectivity index (χ0) is 16.6. The summed E-state index contributed by atoms with van der Waals surface area (Å²) in [7, 11) is 0. The number of aromatic nitrogens is 1. The molecule has 5 rings (SSSR count). The number of pyridine rings is 1. The molecule has 0 saturated heterocycles. The molecule has 0 bridgehead atoms. The SMILES string of the molecule is c1ccc(C2=NN3[C@@H](c4cccnc4)Oc4ccccc4[C@@H]3C2)cc1. The van der Waals surface area contributed by atoms with Gasteiger partial charge in [0.1, 0.15) is 5.75 Å². The molecule has 25 heavy (non-hydrogen) atoms. The van der Waals surface area contributed by atoms with Gasteiger partial charge in [-0.15, -0.1) is 0 Å². The molecule has 0 radical (unpaired) electrons. The molecule has 2 aliphatic rings. The number of nitrogens with zero attached hydrogens (tertiary/aromatic N) is 3. The lowest BCUT2D eigenvalue weighted by atomic mass is 9.96. The molecule has 0 N–H and O–H groups in total. The Kier molecular flexibility index (Phi) is 3.27. The number of para-hydroxylation sites is 1. The maximum atomic E-state index is 6.29. The summed E-state index contributed by atoms with van der Waals surface area (Å²) in [6, 6.07) is 22.8. The van der Waals surface area contributed by atoms with E-state index in [2.05, 4.69) is 46.4 Å². The quantitative estimate of drug-likeness (QED) is 0.703. The molecule has 0 spiro atoms. The molecule has 122 valence electrons. The minimum Gasteiger partial charge on any atom is -0.464 e. The lowest BCUT2D eigenvalue weighted by Crippen LogP contribution is -2.33. The van der Waals surface area contributed by atoms with Gasteiger partial charge in [0, 0.05) is 29.9 Å². The summed E-state index contributed by atoms with van der Waals surface area (Å²) in [6.07, 6.45) is 4.25. The smallest absolute Gasteiger partial charge is 0.215 e. The van der Waals surface area contributed by atoms with Crippen LogP contribution in [-0.4, -0.2) is 15.7 Å². The Balaban J connectivity index is 1.61. The van der Waals surface area contributed by atoms with E-state index < -0.39 is 0 Å². The summed E-state index contributed by atoms with van der Waals surface area (Å²) in [4.78, 5) is 4.25. The Morgan fingerprint density at radius 3 is 2.60 bits per heavy atom. The predicted octanol–water partition coefficient (Wildman–Crippen LogP) is 4.32. The standard InChI is InChI=1S/C21H17N3O/c1-2-7-15(8-3-1)18-13-19-17-10-4-5-11-20(17)25-21(24(19)23-18)16-9-6-12-22-14-16/h1-12,14,19,21H,13H2/t19-,21+/m0/s1. The summed E-state index contributed by atoms with van der Waals surface area (Å²) in [5, 5.41) is 7.02.